The first-order valence-corrected chi connectivity index (χ1v) is 8.54. The van der Waals surface area contributed by atoms with E-state index in [-0.39, 0.29) is 43.7 Å². The van der Waals surface area contributed by atoms with E-state index in [0.717, 1.165) is 0 Å². The maximum Gasteiger partial charge on any atom is 0.306 e. The van der Waals surface area contributed by atoms with Gasteiger partial charge >= 0.3 is 5.97 Å². The summed E-state index contributed by atoms with van der Waals surface area (Å²) < 4.78 is 4.53. The summed E-state index contributed by atoms with van der Waals surface area (Å²) >= 11 is 5.95. The van der Waals surface area contributed by atoms with E-state index in [1.165, 1.54) is 23.0 Å². The van der Waals surface area contributed by atoms with E-state index >= 15 is 0 Å². The number of methoxy groups -OCH3 is 1. The molecule has 2 aliphatic rings. The summed E-state index contributed by atoms with van der Waals surface area (Å²) in [7, 11) is 1.26. The molecule has 3 rings (SSSR count). The fourth-order valence-corrected chi connectivity index (χ4v) is 3.30. The summed E-state index contributed by atoms with van der Waals surface area (Å²) in [5, 5.41) is 3.13. The molecule has 8 nitrogen and oxygen atoms in total. The molecule has 1 atom stereocenters. The van der Waals surface area contributed by atoms with Crippen LogP contribution in [0.15, 0.2) is 18.2 Å². The summed E-state index contributed by atoms with van der Waals surface area (Å²) in [6.45, 7) is 0.626. The Kier molecular flexibility index (Phi) is 5.13. The highest BCUT2D eigenvalue weighted by Crippen LogP contribution is 2.28. The van der Waals surface area contributed by atoms with Gasteiger partial charge in [-0.2, -0.15) is 0 Å². The van der Waals surface area contributed by atoms with Gasteiger partial charge in [-0.1, -0.05) is 11.6 Å². The molecule has 9 heteroatoms. The number of ether oxygens (including phenoxy) is 1. The zero-order valence-corrected chi connectivity index (χ0v) is 14.9. The molecule has 0 saturated carbocycles. The molecule has 0 aliphatic carbocycles. The second-order valence-corrected chi connectivity index (χ2v) is 6.55. The van der Waals surface area contributed by atoms with E-state index in [4.69, 9.17) is 11.6 Å². The van der Waals surface area contributed by atoms with Crippen LogP contribution in [0.25, 0.3) is 0 Å². The quantitative estimate of drug-likeness (QED) is 0.787. The van der Waals surface area contributed by atoms with Gasteiger partial charge < -0.3 is 19.9 Å². The molecule has 1 aromatic rings. The molecule has 1 saturated heterocycles. The topological polar surface area (TPSA) is 96.0 Å². The van der Waals surface area contributed by atoms with Crippen molar-refractivity contribution in [2.75, 3.05) is 32.1 Å². The van der Waals surface area contributed by atoms with Crippen LogP contribution in [0.5, 0.6) is 0 Å². The molecule has 1 unspecified atom stereocenters. The van der Waals surface area contributed by atoms with Gasteiger partial charge in [-0.25, -0.2) is 0 Å². The van der Waals surface area contributed by atoms with Gasteiger partial charge in [0.05, 0.1) is 31.3 Å². The second kappa shape index (κ2) is 7.33. The molecule has 1 N–H and O–H groups in total. The number of amides is 3. The third-order valence-corrected chi connectivity index (χ3v) is 4.77. The van der Waals surface area contributed by atoms with Crippen LogP contribution < -0.4 is 5.32 Å². The Labute approximate surface area is 155 Å². The summed E-state index contributed by atoms with van der Waals surface area (Å²) in [4.78, 5) is 51.8. The van der Waals surface area contributed by atoms with E-state index in [1.54, 1.807) is 12.1 Å². The first-order valence-electron chi connectivity index (χ1n) is 8.16. The minimum absolute atomic E-state index is 0.00475. The Morgan fingerprint density at radius 1 is 1.27 bits per heavy atom. The van der Waals surface area contributed by atoms with Crippen LogP contribution in [-0.2, 0) is 19.1 Å². The van der Waals surface area contributed by atoms with Gasteiger partial charge in [0.2, 0.25) is 11.8 Å². The number of benzene rings is 1. The Bertz CT molecular complexity index is 782. The Morgan fingerprint density at radius 3 is 2.77 bits per heavy atom. The highest BCUT2D eigenvalue weighted by molar-refractivity contribution is 6.31. The average Bonchev–Trinajstić information content (AvgIpc) is 2.74. The summed E-state index contributed by atoms with van der Waals surface area (Å²) in [5.74, 6) is -1.36. The van der Waals surface area contributed by atoms with Crippen LogP contribution in [0.2, 0.25) is 5.02 Å². The van der Waals surface area contributed by atoms with Gasteiger partial charge in [0.15, 0.2) is 0 Å². The third-order valence-electron chi connectivity index (χ3n) is 4.54. The molecule has 2 heterocycles. The number of nitrogens with zero attached hydrogens (tertiary/aromatic N) is 2. The van der Waals surface area contributed by atoms with Crippen LogP contribution in [-0.4, -0.2) is 66.3 Å². The van der Waals surface area contributed by atoms with Crippen molar-refractivity contribution in [2.24, 2.45) is 0 Å². The minimum atomic E-state index is -0.787. The number of esters is 1. The number of nitrogens with one attached hydrogen (secondary N) is 1. The van der Waals surface area contributed by atoms with Gasteiger partial charge in [0.1, 0.15) is 6.04 Å². The molecular formula is C17H18ClN3O5. The molecule has 1 fully saturated rings. The van der Waals surface area contributed by atoms with E-state index < -0.39 is 12.0 Å². The number of piperazine rings is 1. The van der Waals surface area contributed by atoms with Crippen molar-refractivity contribution in [3.63, 3.8) is 0 Å². The van der Waals surface area contributed by atoms with Crippen molar-refractivity contribution < 1.29 is 23.9 Å². The Balaban J connectivity index is 1.75. The highest BCUT2D eigenvalue weighted by atomic mass is 35.5. The lowest BCUT2D eigenvalue weighted by Crippen LogP contribution is -2.59. The van der Waals surface area contributed by atoms with Gasteiger partial charge in [-0.3, -0.25) is 19.2 Å². The maximum absolute atomic E-state index is 12.8. The molecule has 138 valence electrons. The number of carbonyl (C=O) groups excluding carboxylic acids is 4. The van der Waals surface area contributed by atoms with Crippen molar-refractivity contribution in [1.82, 2.24) is 9.80 Å². The first-order chi connectivity index (χ1) is 12.4. The predicted octanol–water partition coefficient (Wildman–Crippen LogP) is 0.898. The van der Waals surface area contributed by atoms with Crippen LogP contribution in [0.4, 0.5) is 5.69 Å². The summed E-state index contributed by atoms with van der Waals surface area (Å²) in [5.41, 5.74) is 0.737. The van der Waals surface area contributed by atoms with Crippen LogP contribution in [0.3, 0.4) is 0 Å². The number of anilines is 1. The summed E-state index contributed by atoms with van der Waals surface area (Å²) in [6.07, 6.45) is -0.0138. The van der Waals surface area contributed by atoms with E-state index in [0.29, 0.717) is 22.8 Å². The monoisotopic (exact) mass is 379 g/mol. The third kappa shape index (κ3) is 3.50. The van der Waals surface area contributed by atoms with Crippen LogP contribution >= 0.6 is 11.6 Å². The Hall–Kier alpha value is -2.61. The zero-order valence-electron chi connectivity index (χ0n) is 14.2. The van der Waals surface area contributed by atoms with E-state index in [2.05, 4.69) is 10.1 Å². The van der Waals surface area contributed by atoms with Crippen LogP contribution in [0, 0.1) is 0 Å². The first kappa shape index (κ1) is 18.2. The molecular weight excluding hydrogens is 362 g/mol. The second-order valence-electron chi connectivity index (χ2n) is 6.11. The van der Waals surface area contributed by atoms with Gasteiger partial charge in [-0.15, -0.1) is 0 Å². The minimum Gasteiger partial charge on any atom is -0.469 e. The van der Waals surface area contributed by atoms with Crippen LogP contribution in [0.1, 0.15) is 23.2 Å². The van der Waals surface area contributed by atoms with Gasteiger partial charge in [-0.05, 0) is 18.2 Å². The number of rotatable bonds is 3. The van der Waals surface area contributed by atoms with Crippen molar-refractivity contribution in [1.29, 1.82) is 0 Å². The SMILES string of the molecule is COC(=O)CCC(=O)N1CCN2C(=O)c3ccc(Cl)cc3NC(=O)C2C1. The van der Waals surface area contributed by atoms with Gasteiger partial charge in [0, 0.05) is 24.5 Å². The lowest BCUT2D eigenvalue weighted by atomic mass is 10.1. The lowest BCUT2D eigenvalue weighted by Gasteiger charge is -2.39. The Morgan fingerprint density at radius 2 is 2.04 bits per heavy atom. The fraction of sp³-hybridized carbons (Fsp3) is 0.412. The molecule has 0 aromatic heterocycles. The molecule has 0 bridgehead atoms. The van der Waals surface area contributed by atoms with Crippen molar-refractivity contribution in [3.8, 4) is 0 Å². The number of carbonyl (C=O) groups is 4. The van der Waals surface area contributed by atoms with E-state index in [1.807, 2.05) is 0 Å². The fourth-order valence-electron chi connectivity index (χ4n) is 3.12. The molecule has 1 aromatic carbocycles. The average molecular weight is 380 g/mol. The van der Waals surface area contributed by atoms with Gasteiger partial charge in [0.25, 0.3) is 5.91 Å². The molecule has 0 radical (unpaired) electrons. The number of halogens is 1. The van der Waals surface area contributed by atoms with E-state index in [9.17, 15) is 19.2 Å². The maximum atomic E-state index is 12.8. The standard InChI is InChI=1S/C17H18ClN3O5/c1-26-15(23)5-4-14(22)20-6-7-21-13(9-20)16(24)19-12-8-10(18)2-3-11(12)17(21)25/h2-3,8,13H,4-7,9H2,1H3,(H,19,24). The van der Waals surface area contributed by atoms with Crippen molar-refractivity contribution in [3.05, 3.63) is 28.8 Å². The number of hydrogen-bond donors (Lipinski definition) is 1. The molecule has 2 aliphatic heterocycles. The smallest absolute Gasteiger partial charge is 0.306 e. The lowest BCUT2D eigenvalue weighted by molar-refractivity contribution is -0.144. The summed E-state index contributed by atoms with van der Waals surface area (Å²) in [6, 6.07) is 3.92. The highest BCUT2D eigenvalue weighted by Gasteiger charge is 2.40. The number of hydrogen-bond acceptors (Lipinski definition) is 5. The molecule has 26 heavy (non-hydrogen) atoms. The van der Waals surface area contributed by atoms with Crippen molar-refractivity contribution in [2.45, 2.75) is 18.9 Å². The molecule has 0 spiro atoms. The normalized spacial score (nSPS) is 19.2. The number of fused-ring (bicyclic) bond motifs is 2. The zero-order chi connectivity index (χ0) is 18.8. The largest absolute Gasteiger partial charge is 0.469 e. The van der Waals surface area contributed by atoms with Crippen molar-refractivity contribution >= 4 is 41.0 Å². The molecule has 3 amide bonds. The predicted molar refractivity (Wildman–Crippen MR) is 92.7 cm³/mol.